The third-order valence-electron chi connectivity index (χ3n) is 7.70. The standard InChI is InChI=1S/C30H32Cl2N4O8/c1-19(33-13-25(37)35(26(38)14-33)17-43-29(41)11-21-7-3-5-9-23(21)31)20(2)34-15-27(39)36(28(40)16-34)18-44-30(42)12-22-8-4-6-10-24(22)32/h3-10,19-20H,11-18H2,1-2H3. The minimum absolute atomic E-state index is 0.105. The highest BCUT2D eigenvalue weighted by molar-refractivity contribution is 6.31. The van der Waals surface area contributed by atoms with Gasteiger partial charge in [0.05, 0.1) is 39.0 Å². The second-order valence-electron chi connectivity index (χ2n) is 10.5. The van der Waals surface area contributed by atoms with Crippen LogP contribution in [0.15, 0.2) is 48.5 Å². The molecule has 14 heteroatoms. The Morgan fingerprint density at radius 3 is 1.27 bits per heavy atom. The summed E-state index contributed by atoms with van der Waals surface area (Å²) in [6.07, 6.45) is -0.210. The van der Waals surface area contributed by atoms with Crippen molar-refractivity contribution in [2.45, 2.75) is 38.8 Å². The number of imide groups is 2. The van der Waals surface area contributed by atoms with Crippen LogP contribution in [0.5, 0.6) is 0 Å². The lowest BCUT2D eigenvalue weighted by Crippen LogP contribution is -2.63. The fraction of sp³-hybridized carbons (Fsp3) is 0.400. The van der Waals surface area contributed by atoms with E-state index in [-0.39, 0.29) is 39.0 Å². The third kappa shape index (κ3) is 8.20. The Labute approximate surface area is 264 Å². The van der Waals surface area contributed by atoms with E-state index in [0.717, 1.165) is 9.80 Å². The average Bonchev–Trinajstić information content (AvgIpc) is 2.97. The summed E-state index contributed by atoms with van der Waals surface area (Å²) in [6, 6.07) is 12.8. The maximum Gasteiger partial charge on any atom is 0.312 e. The lowest BCUT2D eigenvalue weighted by atomic mass is 10.1. The van der Waals surface area contributed by atoms with Crippen molar-refractivity contribution in [3.05, 3.63) is 69.7 Å². The van der Waals surface area contributed by atoms with Crippen molar-refractivity contribution >= 4 is 58.8 Å². The van der Waals surface area contributed by atoms with Crippen molar-refractivity contribution in [3.63, 3.8) is 0 Å². The van der Waals surface area contributed by atoms with E-state index in [2.05, 4.69) is 0 Å². The first-order valence-electron chi connectivity index (χ1n) is 13.9. The van der Waals surface area contributed by atoms with Crippen molar-refractivity contribution in [2.75, 3.05) is 39.6 Å². The number of carbonyl (C=O) groups excluding carboxylic acids is 6. The molecule has 44 heavy (non-hydrogen) atoms. The molecule has 2 aromatic rings. The highest BCUT2D eigenvalue weighted by atomic mass is 35.5. The zero-order chi connectivity index (χ0) is 32.0. The second kappa shape index (κ2) is 14.8. The van der Waals surface area contributed by atoms with E-state index in [1.54, 1.807) is 72.2 Å². The van der Waals surface area contributed by atoms with Crippen LogP contribution in [-0.2, 0) is 51.1 Å². The normalized spacial score (nSPS) is 17.9. The van der Waals surface area contributed by atoms with E-state index >= 15 is 0 Å². The van der Waals surface area contributed by atoms with E-state index in [1.165, 1.54) is 0 Å². The van der Waals surface area contributed by atoms with Crippen LogP contribution in [0.1, 0.15) is 25.0 Å². The molecule has 2 fully saturated rings. The lowest BCUT2D eigenvalue weighted by molar-refractivity contribution is -0.168. The minimum Gasteiger partial charge on any atom is -0.443 e. The number of esters is 2. The van der Waals surface area contributed by atoms with Gasteiger partial charge in [-0.2, -0.15) is 0 Å². The van der Waals surface area contributed by atoms with Crippen molar-refractivity contribution in [1.29, 1.82) is 0 Å². The van der Waals surface area contributed by atoms with Gasteiger partial charge in [0.25, 0.3) is 0 Å². The highest BCUT2D eigenvalue weighted by Crippen LogP contribution is 2.20. The molecule has 2 heterocycles. The maximum atomic E-state index is 12.8. The zero-order valence-electron chi connectivity index (χ0n) is 24.2. The fourth-order valence-electron chi connectivity index (χ4n) is 4.87. The second-order valence-corrected chi connectivity index (χ2v) is 11.4. The molecule has 0 N–H and O–H groups in total. The molecule has 2 aliphatic heterocycles. The van der Waals surface area contributed by atoms with Crippen molar-refractivity contribution in [3.8, 4) is 0 Å². The maximum absolute atomic E-state index is 12.8. The summed E-state index contributed by atoms with van der Waals surface area (Å²) in [5.41, 5.74) is 1.13. The van der Waals surface area contributed by atoms with E-state index in [1.807, 2.05) is 0 Å². The molecule has 0 bridgehead atoms. The molecule has 2 atom stereocenters. The molecule has 2 aromatic carbocycles. The topological polar surface area (TPSA) is 134 Å². The molecular weight excluding hydrogens is 615 g/mol. The molecule has 0 radical (unpaired) electrons. The summed E-state index contributed by atoms with van der Waals surface area (Å²) in [5.74, 6) is -3.43. The molecule has 0 saturated carbocycles. The molecule has 234 valence electrons. The van der Waals surface area contributed by atoms with E-state index in [0.29, 0.717) is 21.2 Å². The largest absolute Gasteiger partial charge is 0.443 e. The van der Waals surface area contributed by atoms with Gasteiger partial charge in [0, 0.05) is 22.1 Å². The molecule has 0 aromatic heterocycles. The van der Waals surface area contributed by atoms with Gasteiger partial charge in [0.1, 0.15) is 0 Å². The first kappa shape index (κ1) is 33.1. The van der Waals surface area contributed by atoms with E-state index < -0.39 is 61.1 Å². The average molecular weight is 648 g/mol. The third-order valence-corrected chi connectivity index (χ3v) is 8.44. The molecule has 2 aliphatic rings. The summed E-state index contributed by atoms with van der Waals surface area (Å²) >= 11 is 12.1. The Morgan fingerprint density at radius 2 is 0.955 bits per heavy atom. The Hall–Kier alpha value is -3.84. The number of ether oxygens (including phenoxy) is 2. The number of piperazine rings is 2. The van der Waals surface area contributed by atoms with Gasteiger partial charge < -0.3 is 9.47 Å². The number of benzene rings is 2. The van der Waals surface area contributed by atoms with Gasteiger partial charge in [-0.05, 0) is 37.1 Å². The van der Waals surface area contributed by atoms with Gasteiger partial charge in [-0.1, -0.05) is 59.6 Å². The molecular formula is C30H32Cl2N4O8. The smallest absolute Gasteiger partial charge is 0.312 e. The summed E-state index contributed by atoms with van der Waals surface area (Å²) in [4.78, 5) is 80.9. The number of carbonyl (C=O) groups is 6. The van der Waals surface area contributed by atoms with Crippen LogP contribution in [0.3, 0.4) is 0 Å². The molecule has 0 aliphatic carbocycles. The van der Waals surface area contributed by atoms with Crippen LogP contribution in [0.25, 0.3) is 0 Å². The number of nitrogens with zero attached hydrogens (tertiary/aromatic N) is 4. The van der Waals surface area contributed by atoms with Gasteiger partial charge >= 0.3 is 11.9 Å². The first-order chi connectivity index (χ1) is 20.9. The summed E-state index contributed by atoms with van der Waals surface area (Å²) in [5, 5.41) is 0.817. The summed E-state index contributed by atoms with van der Waals surface area (Å²) in [6.45, 7) is 2.08. The Morgan fingerprint density at radius 1 is 0.636 bits per heavy atom. The Balaban J connectivity index is 1.25. The van der Waals surface area contributed by atoms with Gasteiger partial charge in [0.2, 0.25) is 23.6 Å². The van der Waals surface area contributed by atoms with Crippen LogP contribution in [0, 0.1) is 0 Å². The monoisotopic (exact) mass is 646 g/mol. The predicted molar refractivity (Wildman–Crippen MR) is 158 cm³/mol. The Bertz CT molecular complexity index is 1310. The molecule has 2 unspecified atom stereocenters. The highest BCUT2D eigenvalue weighted by Gasteiger charge is 2.40. The lowest BCUT2D eigenvalue weighted by Gasteiger charge is -2.43. The van der Waals surface area contributed by atoms with E-state index in [9.17, 15) is 28.8 Å². The minimum atomic E-state index is -0.632. The van der Waals surface area contributed by atoms with Crippen LogP contribution in [-0.4, -0.2) is 107 Å². The molecule has 4 amide bonds. The van der Waals surface area contributed by atoms with Crippen molar-refractivity contribution < 1.29 is 38.2 Å². The quantitative estimate of drug-likeness (QED) is 0.263. The predicted octanol–water partition coefficient (Wildman–Crippen LogP) is 1.90. The van der Waals surface area contributed by atoms with Gasteiger partial charge in [-0.25, -0.2) is 9.80 Å². The summed E-state index contributed by atoms with van der Waals surface area (Å²) in [7, 11) is 0. The number of rotatable bonds is 11. The number of hydrogen-bond donors (Lipinski definition) is 0. The van der Waals surface area contributed by atoms with E-state index in [4.69, 9.17) is 32.7 Å². The first-order valence-corrected chi connectivity index (χ1v) is 14.6. The fourth-order valence-corrected chi connectivity index (χ4v) is 5.28. The van der Waals surface area contributed by atoms with Gasteiger partial charge in [0.15, 0.2) is 13.5 Å². The Kier molecular flexibility index (Phi) is 11.1. The van der Waals surface area contributed by atoms with Crippen molar-refractivity contribution in [2.24, 2.45) is 0 Å². The SMILES string of the molecule is CC(C(C)N1CC(=O)N(COC(=O)Cc2ccccc2Cl)C(=O)C1)N1CC(=O)N(COC(=O)Cc2ccccc2Cl)C(=O)C1. The van der Waals surface area contributed by atoms with Gasteiger partial charge in [-0.3, -0.25) is 38.6 Å². The van der Waals surface area contributed by atoms with Gasteiger partial charge in [-0.15, -0.1) is 0 Å². The zero-order valence-corrected chi connectivity index (χ0v) is 25.8. The molecule has 0 spiro atoms. The van der Waals surface area contributed by atoms with Crippen LogP contribution in [0.2, 0.25) is 10.0 Å². The summed E-state index contributed by atoms with van der Waals surface area (Å²) < 4.78 is 10.3. The molecule has 4 rings (SSSR count). The van der Waals surface area contributed by atoms with Crippen LogP contribution >= 0.6 is 23.2 Å². The molecule has 2 saturated heterocycles. The number of amides is 4. The number of halogens is 2. The van der Waals surface area contributed by atoms with Crippen LogP contribution < -0.4 is 0 Å². The van der Waals surface area contributed by atoms with Crippen molar-refractivity contribution in [1.82, 2.24) is 19.6 Å². The molecule has 12 nitrogen and oxygen atoms in total. The van der Waals surface area contributed by atoms with Crippen LogP contribution in [0.4, 0.5) is 0 Å². The number of hydrogen-bond acceptors (Lipinski definition) is 10.